The van der Waals surface area contributed by atoms with E-state index in [1.54, 1.807) is 6.07 Å². The van der Waals surface area contributed by atoms with Gasteiger partial charge < -0.3 is 10.5 Å². The van der Waals surface area contributed by atoms with Gasteiger partial charge in [0.15, 0.2) is 11.6 Å². The Labute approximate surface area is 75.3 Å². The number of halogens is 1. The first kappa shape index (κ1) is 9.51. The Bertz CT molecular complexity index is 325. The summed E-state index contributed by atoms with van der Waals surface area (Å²) < 4.78 is 18.0. The first-order valence-corrected chi connectivity index (χ1v) is 3.75. The minimum atomic E-state index is -0.563. The number of rotatable bonds is 3. The maximum atomic E-state index is 13.3. The van der Waals surface area contributed by atoms with Gasteiger partial charge in [-0.15, -0.1) is 0 Å². The second-order valence-electron chi connectivity index (χ2n) is 2.58. The smallest absolute Gasteiger partial charge is 0.221 e. The molecular formula is C9H10FNO2. The molecule has 0 aliphatic heterocycles. The molecule has 0 atom stereocenters. The van der Waals surface area contributed by atoms with Gasteiger partial charge in [0.05, 0.1) is 13.5 Å². The van der Waals surface area contributed by atoms with E-state index in [4.69, 9.17) is 10.5 Å². The average Bonchev–Trinajstić information content (AvgIpc) is 2.08. The highest BCUT2D eigenvalue weighted by molar-refractivity contribution is 5.76. The van der Waals surface area contributed by atoms with Crippen LogP contribution in [-0.4, -0.2) is 13.0 Å². The van der Waals surface area contributed by atoms with Crippen LogP contribution < -0.4 is 10.5 Å². The van der Waals surface area contributed by atoms with Crippen LogP contribution in [0.4, 0.5) is 4.39 Å². The van der Waals surface area contributed by atoms with Gasteiger partial charge >= 0.3 is 0 Å². The molecule has 0 unspecified atom stereocenters. The number of benzene rings is 1. The van der Waals surface area contributed by atoms with Crippen molar-refractivity contribution in [3.05, 3.63) is 29.6 Å². The van der Waals surface area contributed by atoms with E-state index < -0.39 is 11.7 Å². The summed E-state index contributed by atoms with van der Waals surface area (Å²) >= 11 is 0. The highest BCUT2D eigenvalue weighted by Crippen LogP contribution is 2.19. The molecule has 0 saturated carbocycles. The molecule has 4 heteroatoms. The predicted octanol–water partition coefficient (Wildman–Crippen LogP) is 0.862. The molecule has 0 radical (unpaired) electrons. The molecule has 1 amide bonds. The van der Waals surface area contributed by atoms with Gasteiger partial charge in [-0.1, -0.05) is 12.1 Å². The van der Waals surface area contributed by atoms with Crippen LogP contribution in [0.15, 0.2) is 18.2 Å². The largest absolute Gasteiger partial charge is 0.494 e. The lowest BCUT2D eigenvalue weighted by molar-refractivity contribution is -0.117. The number of carbonyl (C=O) groups excluding carboxylic acids is 1. The normalized spacial score (nSPS) is 9.69. The van der Waals surface area contributed by atoms with Crippen LogP contribution in [-0.2, 0) is 11.2 Å². The Morgan fingerprint density at radius 2 is 2.31 bits per heavy atom. The van der Waals surface area contributed by atoms with Crippen molar-refractivity contribution in [2.24, 2.45) is 5.73 Å². The van der Waals surface area contributed by atoms with Crippen LogP contribution >= 0.6 is 0 Å². The molecule has 0 heterocycles. The summed E-state index contributed by atoms with van der Waals surface area (Å²) in [5, 5.41) is 0. The maximum Gasteiger partial charge on any atom is 0.221 e. The first-order chi connectivity index (χ1) is 6.15. The molecule has 2 N–H and O–H groups in total. The lowest BCUT2D eigenvalue weighted by atomic mass is 10.1. The van der Waals surface area contributed by atoms with E-state index in [1.807, 2.05) is 0 Å². The van der Waals surface area contributed by atoms with Crippen LogP contribution in [0, 0.1) is 5.82 Å². The van der Waals surface area contributed by atoms with Gasteiger partial charge in [-0.05, 0) is 6.07 Å². The summed E-state index contributed by atoms with van der Waals surface area (Å²) in [6.45, 7) is 0. The summed E-state index contributed by atoms with van der Waals surface area (Å²) in [5.41, 5.74) is 5.19. The van der Waals surface area contributed by atoms with Crippen molar-refractivity contribution < 1.29 is 13.9 Å². The van der Waals surface area contributed by atoms with E-state index in [-0.39, 0.29) is 17.7 Å². The summed E-state index contributed by atoms with van der Waals surface area (Å²) in [7, 11) is 1.37. The Hall–Kier alpha value is -1.58. The van der Waals surface area contributed by atoms with Crippen molar-refractivity contribution in [2.75, 3.05) is 7.11 Å². The van der Waals surface area contributed by atoms with Crippen molar-refractivity contribution in [2.45, 2.75) is 6.42 Å². The molecule has 0 spiro atoms. The molecular weight excluding hydrogens is 173 g/mol. The van der Waals surface area contributed by atoms with Crippen molar-refractivity contribution in [3.8, 4) is 5.75 Å². The molecule has 0 aliphatic carbocycles. The Balaban J connectivity index is 3.01. The minimum Gasteiger partial charge on any atom is -0.494 e. The molecule has 0 aromatic heterocycles. The molecule has 3 nitrogen and oxygen atoms in total. The van der Waals surface area contributed by atoms with E-state index in [1.165, 1.54) is 19.2 Å². The van der Waals surface area contributed by atoms with Crippen molar-refractivity contribution >= 4 is 5.91 Å². The summed E-state index contributed by atoms with van der Waals surface area (Å²) in [4.78, 5) is 10.5. The molecule has 0 saturated heterocycles. The predicted molar refractivity (Wildman–Crippen MR) is 45.9 cm³/mol. The third kappa shape index (κ3) is 2.18. The third-order valence-corrected chi connectivity index (χ3v) is 1.63. The second-order valence-corrected chi connectivity index (χ2v) is 2.58. The number of hydrogen-bond acceptors (Lipinski definition) is 2. The Morgan fingerprint density at radius 1 is 1.62 bits per heavy atom. The first-order valence-electron chi connectivity index (χ1n) is 3.75. The standard InChI is InChI=1S/C9H10FNO2/c1-13-7-4-2-3-6(9(7)10)5-8(11)12/h2-4H,5H2,1H3,(H2,11,12). The van der Waals surface area contributed by atoms with Gasteiger partial charge in [-0.3, -0.25) is 4.79 Å². The molecule has 0 bridgehead atoms. The number of nitrogens with two attached hydrogens (primary N) is 1. The van der Waals surface area contributed by atoms with Crippen molar-refractivity contribution in [3.63, 3.8) is 0 Å². The van der Waals surface area contributed by atoms with E-state index in [9.17, 15) is 9.18 Å². The fourth-order valence-electron chi connectivity index (χ4n) is 1.04. The highest BCUT2D eigenvalue weighted by atomic mass is 19.1. The van der Waals surface area contributed by atoms with Gasteiger partial charge in [-0.25, -0.2) is 4.39 Å². The van der Waals surface area contributed by atoms with E-state index in [0.717, 1.165) is 0 Å². The summed E-state index contributed by atoms with van der Waals surface area (Å²) in [6.07, 6.45) is -0.108. The fraction of sp³-hybridized carbons (Fsp3) is 0.222. The fourth-order valence-corrected chi connectivity index (χ4v) is 1.04. The van der Waals surface area contributed by atoms with Crippen LogP contribution in [0.1, 0.15) is 5.56 Å². The molecule has 0 aliphatic rings. The zero-order valence-electron chi connectivity index (χ0n) is 7.21. The van der Waals surface area contributed by atoms with Gasteiger partial charge in [0.2, 0.25) is 5.91 Å². The number of primary amides is 1. The zero-order chi connectivity index (χ0) is 9.84. The zero-order valence-corrected chi connectivity index (χ0v) is 7.21. The summed E-state index contributed by atoms with van der Waals surface area (Å²) in [6, 6.07) is 4.60. The van der Waals surface area contributed by atoms with Crippen LogP contribution in [0.25, 0.3) is 0 Å². The van der Waals surface area contributed by atoms with E-state index >= 15 is 0 Å². The van der Waals surface area contributed by atoms with Crippen molar-refractivity contribution in [1.29, 1.82) is 0 Å². The molecule has 13 heavy (non-hydrogen) atoms. The molecule has 1 aromatic carbocycles. The van der Waals surface area contributed by atoms with Crippen molar-refractivity contribution in [1.82, 2.24) is 0 Å². The number of methoxy groups -OCH3 is 1. The van der Waals surface area contributed by atoms with E-state index in [2.05, 4.69) is 0 Å². The lowest BCUT2D eigenvalue weighted by Crippen LogP contribution is -2.14. The maximum absolute atomic E-state index is 13.3. The average molecular weight is 183 g/mol. The molecule has 0 fully saturated rings. The number of amides is 1. The van der Waals surface area contributed by atoms with Crippen LogP contribution in [0.2, 0.25) is 0 Å². The molecule has 1 aromatic rings. The van der Waals surface area contributed by atoms with E-state index in [0.29, 0.717) is 0 Å². The number of ether oxygens (including phenoxy) is 1. The summed E-state index contributed by atoms with van der Waals surface area (Å²) in [5.74, 6) is -0.963. The number of hydrogen-bond donors (Lipinski definition) is 1. The number of carbonyl (C=O) groups is 1. The minimum absolute atomic E-state index is 0.108. The third-order valence-electron chi connectivity index (χ3n) is 1.63. The van der Waals surface area contributed by atoms with Gasteiger partial charge in [0.1, 0.15) is 0 Å². The molecule has 1 rings (SSSR count). The monoisotopic (exact) mass is 183 g/mol. The molecule has 70 valence electrons. The quantitative estimate of drug-likeness (QED) is 0.755. The van der Waals surface area contributed by atoms with Gasteiger partial charge in [-0.2, -0.15) is 0 Å². The Morgan fingerprint density at radius 3 is 2.85 bits per heavy atom. The van der Waals surface area contributed by atoms with Crippen LogP contribution in [0.5, 0.6) is 5.75 Å². The van der Waals surface area contributed by atoms with Crippen LogP contribution in [0.3, 0.4) is 0 Å². The lowest BCUT2D eigenvalue weighted by Gasteiger charge is -2.04. The SMILES string of the molecule is COc1cccc(CC(N)=O)c1F. The highest BCUT2D eigenvalue weighted by Gasteiger charge is 2.09. The van der Waals surface area contributed by atoms with Gasteiger partial charge in [0, 0.05) is 5.56 Å². The Kier molecular flexibility index (Phi) is 2.84. The second kappa shape index (κ2) is 3.89. The topological polar surface area (TPSA) is 52.3 Å². The van der Waals surface area contributed by atoms with Gasteiger partial charge in [0.25, 0.3) is 0 Å².